The van der Waals surface area contributed by atoms with Crippen molar-refractivity contribution in [3.05, 3.63) is 59.0 Å². The Morgan fingerprint density at radius 2 is 1.55 bits per heavy atom. The number of hydrogen-bond donors (Lipinski definition) is 4. The molecule has 0 spiro atoms. The van der Waals surface area contributed by atoms with Gasteiger partial charge in [-0.05, 0) is 36.4 Å². The van der Waals surface area contributed by atoms with Gasteiger partial charge in [-0.2, -0.15) is 0 Å². The van der Waals surface area contributed by atoms with E-state index < -0.39 is 36.3 Å². The van der Waals surface area contributed by atoms with Gasteiger partial charge in [-0.1, -0.05) is 0 Å². The van der Waals surface area contributed by atoms with Crippen LogP contribution in [0.5, 0.6) is 23.0 Å². The van der Waals surface area contributed by atoms with E-state index in [1.165, 1.54) is 18.2 Å². The van der Waals surface area contributed by atoms with E-state index in [4.69, 9.17) is 23.4 Å². The fraction of sp³-hybridized carbons (Fsp3) is 0.286. The van der Waals surface area contributed by atoms with E-state index in [0.29, 0.717) is 11.5 Å². The van der Waals surface area contributed by atoms with Crippen LogP contribution in [0.3, 0.4) is 0 Å². The summed E-state index contributed by atoms with van der Waals surface area (Å²) in [6.45, 7) is 0. The second-order valence-corrected chi connectivity index (χ2v) is 6.85. The molecule has 1 saturated heterocycles. The first-order chi connectivity index (χ1) is 14.9. The lowest BCUT2D eigenvalue weighted by Crippen LogP contribution is -2.59. The van der Waals surface area contributed by atoms with Crippen molar-refractivity contribution >= 4 is 11.0 Å². The lowest BCUT2D eigenvalue weighted by molar-refractivity contribution is -0.321. The van der Waals surface area contributed by atoms with Crippen LogP contribution in [0.2, 0.25) is 0 Å². The van der Waals surface area contributed by atoms with Gasteiger partial charge < -0.3 is 43.8 Å². The van der Waals surface area contributed by atoms with Crippen LogP contribution < -0.4 is 19.6 Å². The van der Waals surface area contributed by atoms with Crippen LogP contribution in [0, 0.1) is 0 Å². The summed E-state index contributed by atoms with van der Waals surface area (Å²) >= 11 is 0. The number of hydrogen-bond acceptors (Lipinski definition) is 10. The van der Waals surface area contributed by atoms with Crippen molar-refractivity contribution in [3.63, 3.8) is 0 Å². The molecule has 164 valence electrons. The molecule has 2 heterocycles. The van der Waals surface area contributed by atoms with Crippen LogP contribution in [-0.4, -0.2) is 58.4 Å². The Labute approximate surface area is 175 Å². The maximum Gasteiger partial charge on any atom is 0.235 e. The SMILES string of the molecule is COc1ccc(Oc2coc3cc(OC4OC(O)C(O)C(O)C4O)ccc3c2=O)cc1. The highest BCUT2D eigenvalue weighted by Crippen LogP contribution is 2.27. The molecule has 0 bridgehead atoms. The number of methoxy groups -OCH3 is 1. The van der Waals surface area contributed by atoms with Crippen molar-refractivity contribution in [1.82, 2.24) is 0 Å². The molecule has 4 N–H and O–H groups in total. The summed E-state index contributed by atoms with van der Waals surface area (Å²) in [6, 6.07) is 10.9. The average Bonchev–Trinajstić information content (AvgIpc) is 2.78. The summed E-state index contributed by atoms with van der Waals surface area (Å²) in [5.41, 5.74) is -0.234. The van der Waals surface area contributed by atoms with Gasteiger partial charge in [0.05, 0.1) is 12.5 Å². The predicted octanol–water partition coefficient (Wildman–Crippen LogP) is 0.730. The molecule has 0 amide bonds. The van der Waals surface area contributed by atoms with Crippen molar-refractivity contribution in [2.45, 2.75) is 30.9 Å². The first-order valence-corrected chi connectivity index (χ1v) is 9.29. The van der Waals surface area contributed by atoms with Crippen molar-refractivity contribution in [2.75, 3.05) is 7.11 Å². The van der Waals surface area contributed by atoms with Crippen LogP contribution >= 0.6 is 0 Å². The summed E-state index contributed by atoms with van der Waals surface area (Å²) in [5.74, 6) is 1.19. The normalized spacial score (nSPS) is 25.9. The third-order valence-electron chi connectivity index (χ3n) is 4.80. The predicted molar refractivity (Wildman–Crippen MR) is 105 cm³/mol. The lowest BCUT2D eigenvalue weighted by atomic mass is 10.0. The Morgan fingerprint density at radius 1 is 0.871 bits per heavy atom. The van der Waals surface area contributed by atoms with Crippen molar-refractivity contribution < 1.29 is 43.8 Å². The second-order valence-electron chi connectivity index (χ2n) is 6.85. The molecule has 1 fully saturated rings. The Kier molecular flexibility index (Phi) is 5.81. The zero-order valence-corrected chi connectivity index (χ0v) is 16.2. The fourth-order valence-corrected chi connectivity index (χ4v) is 3.07. The first kappa shape index (κ1) is 21.1. The van der Waals surface area contributed by atoms with Crippen molar-refractivity contribution in [3.8, 4) is 23.0 Å². The van der Waals surface area contributed by atoms with Gasteiger partial charge in [0.2, 0.25) is 17.5 Å². The van der Waals surface area contributed by atoms with Gasteiger partial charge >= 0.3 is 0 Å². The Balaban J connectivity index is 1.55. The maximum absolute atomic E-state index is 12.7. The molecule has 2 aromatic carbocycles. The van der Waals surface area contributed by atoms with E-state index >= 15 is 0 Å². The van der Waals surface area contributed by atoms with Crippen LogP contribution in [0.4, 0.5) is 0 Å². The summed E-state index contributed by atoms with van der Waals surface area (Å²) < 4.78 is 26.6. The molecule has 1 aliphatic rings. The topological polar surface area (TPSA) is 148 Å². The van der Waals surface area contributed by atoms with Gasteiger partial charge in [0.15, 0.2) is 6.29 Å². The van der Waals surface area contributed by atoms with Crippen LogP contribution in [0.1, 0.15) is 0 Å². The molecule has 0 saturated carbocycles. The van der Waals surface area contributed by atoms with E-state index in [9.17, 15) is 25.2 Å². The molecule has 5 unspecified atom stereocenters. The van der Waals surface area contributed by atoms with Crippen LogP contribution in [0.15, 0.2) is 57.9 Å². The Bertz CT molecular complexity index is 1110. The Morgan fingerprint density at radius 3 is 2.26 bits per heavy atom. The summed E-state index contributed by atoms with van der Waals surface area (Å²) in [6.07, 6.45) is -6.97. The van der Waals surface area contributed by atoms with E-state index in [2.05, 4.69) is 0 Å². The lowest BCUT2D eigenvalue weighted by Gasteiger charge is -2.37. The van der Waals surface area contributed by atoms with E-state index in [0.717, 1.165) is 6.26 Å². The third-order valence-corrected chi connectivity index (χ3v) is 4.80. The quantitative estimate of drug-likeness (QED) is 0.455. The molecular weight excluding hydrogens is 412 g/mol. The molecule has 0 aliphatic carbocycles. The zero-order chi connectivity index (χ0) is 22.1. The van der Waals surface area contributed by atoms with Crippen molar-refractivity contribution in [2.24, 2.45) is 0 Å². The maximum atomic E-state index is 12.7. The average molecular weight is 432 g/mol. The monoisotopic (exact) mass is 432 g/mol. The molecule has 4 rings (SSSR count). The van der Waals surface area contributed by atoms with Gasteiger partial charge in [-0.25, -0.2) is 0 Å². The van der Waals surface area contributed by atoms with Crippen molar-refractivity contribution in [1.29, 1.82) is 0 Å². The molecule has 0 radical (unpaired) electrons. The minimum Gasteiger partial charge on any atom is -0.497 e. The number of aliphatic hydroxyl groups excluding tert-OH is 4. The summed E-state index contributed by atoms with van der Waals surface area (Å²) in [5, 5.41) is 39.1. The van der Waals surface area contributed by atoms with Gasteiger partial charge in [-0.3, -0.25) is 4.79 Å². The van der Waals surface area contributed by atoms with Crippen LogP contribution in [-0.2, 0) is 4.74 Å². The highest BCUT2D eigenvalue weighted by Gasteiger charge is 2.44. The molecule has 31 heavy (non-hydrogen) atoms. The molecule has 10 heteroatoms. The smallest absolute Gasteiger partial charge is 0.235 e. The standard InChI is InChI=1S/C21H20O10/c1-27-10-2-4-11(5-3-10)29-15-9-28-14-8-12(6-7-13(14)16(15)22)30-21-19(25)17(23)18(24)20(26)31-21/h2-9,17-21,23-26H,1H3. The molecule has 1 aliphatic heterocycles. The summed E-state index contributed by atoms with van der Waals surface area (Å²) in [7, 11) is 1.54. The largest absolute Gasteiger partial charge is 0.497 e. The molecule has 10 nitrogen and oxygen atoms in total. The minimum atomic E-state index is -1.74. The zero-order valence-electron chi connectivity index (χ0n) is 16.2. The molecule has 3 aromatic rings. The van der Waals surface area contributed by atoms with Gasteiger partial charge in [0.1, 0.15) is 47.4 Å². The molecule has 5 atom stereocenters. The third kappa shape index (κ3) is 4.20. The van der Waals surface area contributed by atoms with Gasteiger partial charge in [-0.15, -0.1) is 0 Å². The van der Waals surface area contributed by atoms with Crippen LogP contribution in [0.25, 0.3) is 11.0 Å². The van der Waals surface area contributed by atoms with E-state index in [-0.39, 0.29) is 22.5 Å². The van der Waals surface area contributed by atoms with Gasteiger partial charge in [0.25, 0.3) is 0 Å². The molecular formula is C21H20O10. The molecule has 1 aromatic heterocycles. The van der Waals surface area contributed by atoms with E-state index in [1.54, 1.807) is 31.4 Å². The van der Waals surface area contributed by atoms with Gasteiger partial charge in [0, 0.05) is 6.07 Å². The highest BCUT2D eigenvalue weighted by molar-refractivity contribution is 5.79. The fourth-order valence-electron chi connectivity index (χ4n) is 3.07. The number of aliphatic hydroxyl groups is 4. The number of benzene rings is 2. The van der Waals surface area contributed by atoms with E-state index in [1.807, 2.05) is 0 Å². The number of fused-ring (bicyclic) bond motifs is 1. The first-order valence-electron chi connectivity index (χ1n) is 9.29. The summed E-state index contributed by atoms with van der Waals surface area (Å²) in [4.78, 5) is 12.7. The number of ether oxygens (including phenoxy) is 4. The minimum absolute atomic E-state index is 0.0161. The highest BCUT2D eigenvalue weighted by atomic mass is 16.7. The Hall–Kier alpha value is -3.15. The second kappa shape index (κ2) is 8.53. The number of rotatable bonds is 5.